The van der Waals surface area contributed by atoms with Gasteiger partial charge in [0.15, 0.2) is 0 Å². The summed E-state index contributed by atoms with van der Waals surface area (Å²) in [7, 11) is 0. The Labute approximate surface area is 165 Å². The van der Waals surface area contributed by atoms with Gasteiger partial charge in [0.25, 0.3) is 10.9 Å². The van der Waals surface area contributed by atoms with Crippen LogP contribution in [0.25, 0.3) is 6.08 Å². The molecule has 1 aromatic carbocycles. The topological polar surface area (TPSA) is 123 Å². The van der Waals surface area contributed by atoms with Crippen LogP contribution >= 0.6 is 11.8 Å². The summed E-state index contributed by atoms with van der Waals surface area (Å²) >= 11 is 0.815. The Morgan fingerprint density at radius 1 is 1.36 bits per heavy atom. The van der Waals surface area contributed by atoms with Crippen molar-refractivity contribution >= 4 is 35.2 Å². The minimum Gasteiger partial charge on any atom is -0.477 e. The van der Waals surface area contributed by atoms with E-state index in [1.54, 1.807) is 12.1 Å². The minimum absolute atomic E-state index is 0.0311. The molecule has 0 unspecified atom stereocenters. The lowest BCUT2D eigenvalue weighted by atomic mass is 10.1. The number of carboxylic acids is 1. The highest BCUT2D eigenvalue weighted by molar-refractivity contribution is 8.03. The van der Waals surface area contributed by atoms with Crippen LogP contribution in [0.1, 0.15) is 37.6 Å². The van der Waals surface area contributed by atoms with E-state index < -0.39 is 10.9 Å². The fourth-order valence-corrected chi connectivity index (χ4v) is 3.67. The van der Waals surface area contributed by atoms with E-state index in [-0.39, 0.29) is 15.8 Å². The van der Waals surface area contributed by atoms with E-state index in [1.165, 1.54) is 12.1 Å². The Morgan fingerprint density at radius 2 is 2.11 bits per heavy atom. The molecular weight excluding hydrogens is 384 g/mol. The van der Waals surface area contributed by atoms with E-state index in [4.69, 9.17) is 4.42 Å². The SMILES string of the molecule is CCc1nnc(S/C(=C/c2ccc(N3CCCCC3)c([N+](=O)[O-])c2)C(=O)O)o1. The van der Waals surface area contributed by atoms with E-state index in [9.17, 15) is 20.0 Å². The molecule has 9 nitrogen and oxygen atoms in total. The van der Waals surface area contributed by atoms with Crippen molar-refractivity contribution in [1.29, 1.82) is 0 Å². The number of piperidine rings is 1. The molecule has 0 saturated carbocycles. The summed E-state index contributed by atoms with van der Waals surface area (Å²) in [4.78, 5) is 24.7. The van der Waals surface area contributed by atoms with Crippen LogP contribution in [0.15, 0.2) is 32.7 Å². The quantitative estimate of drug-likeness (QED) is 0.318. The number of anilines is 1. The summed E-state index contributed by atoms with van der Waals surface area (Å²) in [6.45, 7) is 3.41. The summed E-state index contributed by atoms with van der Waals surface area (Å²) in [5, 5.41) is 28.8. The number of hydrogen-bond donors (Lipinski definition) is 1. The summed E-state index contributed by atoms with van der Waals surface area (Å²) in [5.41, 5.74) is 0.958. The van der Waals surface area contributed by atoms with Crippen LogP contribution in [0, 0.1) is 10.1 Å². The molecule has 1 aromatic heterocycles. The van der Waals surface area contributed by atoms with E-state index >= 15 is 0 Å². The number of nitro benzene ring substituents is 1. The van der Waals surface area contributed by atoms with Crippen molar-refractivity contribution in [3.63, 3.8) is 0 Å². The first-order chi connectivity index (χ1) is 13.5. The van der Waals surface area contributed by atoms with Crippen LogP contribution in [-0.2, 0) is 11.2 Å². The van der Waals surface area contributed by atoms with Gasteiger partial charge in [-0.3, -0.25) is 10.1 Å². The maximum atomic E-state index is 11.6. The van der Waals surface area contributed by atoms with E-state index in [2.05, 4.69) is 10.2 Å². The van der Waals surface area contributed by atoms with Crippen molar-refractivity contribution in [3.05, 3.63) is 44.7 Å². The van der Waals surface area contributed by atoms with Crippen molar-refractivity contribution in [2.45, 2.75) is 37.8 Å². The van der Waals surface area contributed by atoms with Crippen molar-refractivity contribution in [2.75, 3.05) is 18.0 Å². The molecule has 1 N–H and O–H groups in total. The minimum atomic E-state index is -1.18. The van der Waals surface area contributed by atoms with Gasteiger partial charge in [0.05, 0.1) is 4.92 Å². The first-order valence-electron chi connectivity index (χ1n) is 8.96. The molecule has 2 aromatic rings. The Morgan fingerprint density at radius 3 is 2.71 bits per heavy atom. The summed E-state index contributed by atoms with van der Waals surface area (Å²) < 4.78 is 5.33. The highest BCUT2D eigenvalue weighted by atomic mass is 32.2. The number of aryl methyl sites for hydroxylation is 1. The number of aromatic nitrogens is 2. The van der Waals surface area contributed by atoms with E-state index in [1.807, 2.05) is 11.8 Å². The third-order valence-electron chi connectivity index (χ3n) is 4.35. The van der Waals surface area contributed by atoms with Crippen LogP contribution in [0.4, 0.5) is 11.4 Å². The van der Waals surface area contributed by atoms with Crippen molar-refractivity contribution in [3.8, 4) is 0 Å². The molecule has 0 aliphatic carbocycles. The molecule has 1 fully saturated rings. The number of thioether (sulfide) groups is 1. The lowest BCUT2D eigenvalue weighted by Gasteiger charge is -2.28. The van der Waals surface area contributed by atoms with E-state index in [0.29, 0.717) is 23.6 Å². The molecule has 1 aliphatic rings. The summed E-state index contributed by atoms with van der Waals surface area (Å²) in [6.07, 6.45) is 5.05. The third-order valence-corrected chi connectivity index (χ3v) is 5.20. The number of nitro groups is 1. The van der Waals surface area contributed by atoms with Gasteiger partial charge >= 0.3 is 5.97 Å². The molecule has 3 rings (SSSR count). The molecule has 1 saturated heterocycles. The third kappa shape index (κ3) is 4.69. The molecule has 148 valence electrons. The Hall–Kier alpha value is -2.88. The lowest BCUT2D eigenvalue weighted by molar-refractivity contribution is -0.384. The number of carbonyl (C=O) groups is 1. The molecule has 0 spiro atoms. The van der Waals surface area contributed by atoms with Crippen LogP contribution in [0.3, 0.4) is 0 Å². The second kappa shape index (κ2) is 8.87. The number of hydrogen-bond acceptors (Lipinski definition) is 8. The molecule has 0 bridgehead atoms. The van der Waals surface area contributed by atoms with Gasteiger partial charge in [-0.25, -0.2) is 4.79 Å². The van der Waals surface area contributed by atoms with Gasteiger partial charge in [0, 0.05) is 25.6 Å². The molecule has 28 heavy (non-hydrogen) atoms. The lowest BCUT2D eigenvalue weighted by Crippen LogP contribution is -2.29. The summed E-state index contributed by atoms with van der Waals surface area (Å²) in [5.74, 6) is -0.766. The van der Waals surface area contributed by atoms with Gasteiger partial charge in [-0.15, -0.1) is 10.2 Å². The maximum absolute atomic E-state index is 11.6. The normalized spacial score (nSPS) is 14.9. The highest BCUT2D eigenvalue weighted by Crippen LogP contribution is 2.33. The standard InChI is InChI=1S/C18H20N4O5S/c1-2-16-19-20-18(27-16)28-15(17(23)24)11-12-6-7-13(14(10-12)22(25)26)21-8-4-3-5-9-21/h6-7,10-11H,2-5,8-9H2,1H3,(H,23,24)/b15-11+. The average Bonchev–Trinajstić information content (AvgIpc) is 3.15. The fraction of sp³-hybridized carbons (Fsp3) is 0.389. The number of carboxylic acid groups (broad SMARTS) is 1. The van der Waals surface area contributed by atoms with Gasteiger partial charge in [0.1, 0.15) is 10.6 Å². The summed E-state index contributed by atoms with van der Waals surface area (Å²) in [6, 6.07) is 4.77. The first-order valence-corrected chi connectivity index (χ1v) is 9.78. The molecule has 0 atom stereocenters. The van der Waals surface area contributed by atoms with Gasteiger partial charge in [-0.1, -0.05) is 13.0 Å². The van der Waals surface area contributed by atoms with E-state index in [0.717, 1.165) is 44.1 Å². The zero-order valence-corrected chi connectivity index (χ0v) is 16.1. The molecule has 2 heterocycles. The van der Waals surface area contributed by atoms with Crippen LogP contribution in [0.5, 0.6) is 0 Å². The molecule has 1 aliphatic heterocycles. The average molecular weight is 404 g/mol. The number of nitrogens with zero attached hydrogens (tertiary/aromatic N) is 4. The maximum Gasteiger partial charge on any atom is 0.342 e. The Bertz CT molecular complexity index is 905. The molecule has 0 radical (unpaired) electrons. The number of benzene rings is 1. The Kier molecular flexibility index (Phi) is 6.30. The van der Waals surface area contributed by atoms with Gasteiger partial charge < -0.3 is 14.4 Å². The monoisotopic (exact) mass is 404 g/mol. The Balaban J connectivity index is 1.90. The zero-order valence-electron chi connectivity index (χ0n) is 15.3. The van der Waals surface area contributed by atoms with Crippen LogP contribution < -0.4 is 4.90 Å². The highest BCUT2D eigenvalue weighted by Gasteiger charge is 2.22. The van der Waals surface area contributed by atoms with Gasteiger partial charge in [-0.2, -0.15) is 0 Å². The number of aliphatic carboxylic acids is 1. The van der Waals surface area contributed by atoms with Crippen LogP contribution in [-0.4, -0.2) is 39.3 Å². The van der Waals surface area contributed by atoms with Gasteiger partial charge in [-0.05, 0) is 48.7 Å². The second-order valence-corrected chi connectivity index (χ2v) is 7.28. The van der Waals surface area contributed by atoms with Crippen LogP contribution in [0.2, 0.25) is 0 Å². The smallest absolute Gasteiger partial charge is 0.342 e. The van der Waals surface area contributed by atoms with Crippen molar-refractivity contribution in [1.82, 2.24) is 10.2 Å². The second-order valence-electron chi connectivity index (χ2n) is 6.28. The zero-order chi connectivity index (χ0) is 20.1. The predicted octanol–water partition coefficient (Wildman–Crippen LogP) is 3.75. The molecule has 0 amide bonds. The van der Waals surface area contributed by atoms with Gasteiger partial charge in [0.2, 0.25) is 5.89 Å². The first kappa shape index (κ1) is 19.9. The predicted molar refractivity (Wildman–Crippen MR) is 104 cm³/mol. The molecule has 10 heteroatoms. The fourth-order valence-electron chi connectivity index (χ4n) is 2.98. The number of rotatable bonds is 7. The van der Waals surface area contributed by atoms with Crippen molar-refractivity contribution < 1.29 is 19.2 Å². The molecular formula is C18H20N4O5S. The largest absolute Gasteiger partial charge is 0.477 e. The van der Waals surface area contributed by atoms with Crippen molar-refractivity contribution in [2.24, 2.45) is 0 Å².